The summed E-state index contributed by atoms with van der Waals surface area (Å²) in [5.41, 5.74) is 1.79. The Morgan fingerprint density at radius 1 is 1.53 bits per heavy atom. The van der Waals surface area contributed by atoms with Gasteiger partial charge in [-0.05, 0) is 52.9 Å². The van der Waals surface area contributed by atoms with Crippen LogP contribution in [-0.2, 0) is 0 Å². The van der Waals surface area contributed by atoms with Crippen molar-refractivity contribution >= 4 is 38.5 Å². The van der Waals surface area contributed by atoms with Crippen molar-refractivity contribution in [2.24, 2.45) is 10.9 Å². The summed E-state index contributed by atoms with van der Waals surface area (Å²) in [4.78, 5) is 4.65. The van der Waals surface area contributed by atoms with E-state index in [9.17, 15) is 4.39 Å². The van der Waals surface area contributed by atoms with E-state index in [0.717, 1.165) is 28.6 Å². The molecule has 0 fully saturated rings. The van der Waals surface area contributed by atoms with Crippen LogP contribution in [0.15, 0.2) is 21.6 Å². The lowest BCUT2D eigenvalue weighted by Gasteiger charge is -2.10. The molecule has 104 valence electrons. The Morgan fingerprint density at radius 3 is 2.95 bits per heavy atom. The molecule has 5 heteroatoms. The number of aliphatic imine (C=N–C) groups is 1. The second kappa shape index (κ2) is 6.27. The van der Waals surface area contributed by atoms with Crippen molar-refractivity contribution in [1.29, 1.82) is 0 Å². The molecule has 0 saturated heterocycles. The van der Waals surface area contributed by atoms with Crippen molar-refractivity contribution in [3.63, 3.8) is 0 Å². The molecule has 0 amide bonds. The normalized spacial score (nSPS) is 18.8. The van der Waals surface area contributed by atoms with Gasteiger partial charge in [-0.3, -0.25) is 4.99 Å². The maximum atomic E-state index is 13.5. The molecule has 1 heterocycles. The predicted molar refractivity (Wildman–Crippen MR) is 85.6 cm³/mol. The van der Waals surface area contributed by atoms with E-state index in [1.807, 2.05) is 6.92 Å². The van der Waals surface area contributed by atoms with Gasteiger partial charge in [0.25, 0.3) is 0 Å². The van der Waals surface area contributed by atoms with E-state index in [1.54, 1.807) is 17.8 Å². The molecule has 1 unspecified atom stereocenters. The van der Waals surface area contributed by atoms with E-state index in [-0.39, 0.29) is 5.82 Å². The SMILES string of the molecule is Cc1cc(Br)c(F)cc1NC1=NC(CC(C)C)CS1. The summed E-state index contributed by atoms with van der Waals surface area (Å²) in [6, 6.07) is 3.68. The van der Waals surface area contributed by atoms with Gasteiger partial charge in [0.15, 0.2) is 5.17 Å². The maximum Gasteiger partial charge on any atom is 0.161 e. The number of hydrogen-bond acceptors (Lipinski definition) is 3. The number of benzene rings is 1. The van der Waals surface area contributed by atoms with Gasteiger partial charge in [0.1, 0.15) is 5.82 Å². The van der Waals surface area contributed by atoms with Crippen LogP contribution in [0.2, 0.25) is 0 Å². The molecule has 2 rings (SSSR count). The summed E-state index contributed by atoms with van der Waals surface area (Å²) in [6.07, 6.45) is 1.10. The summed E-state index contributed by atoms with van der Waals surface area (Å²) in [6.45, 7) is 6.37. The van der Waals surface area contributed by atoms with Gasteiger partial charge in [-0.25, -0.2) is 4.39 Å². The van der Waals surface area contributed by atoms with Crippen LogP contribution < -0.4 is 5.32 Å². The van der Waals surface area contributed by atoms with E-state index in [0.29, 0.717) is 16.4 Å². The average Bonchev–Trinajstić information content (AvgIpc) is 2.72. The first-order valence-electron chi connectivity index (χ1n) is 6.39. The number of hydrogen-bond donors (Lipinski definition) is 1. The molecular weight excluding hydrogens is 327 g/mol. The number of amidine groups is 1. The quantitative estimate of drug-likeness (QED) is 0.849. The monoisotopic (exact) mass is 344 g/mol. The lowest BCUT2D eigenvalue weighted by atomic mass is 10.1. The average molecular weight is 345 g/mol. The van der Waals surface area contributed by atoms with Crippen molar-refractivity contribution in [3.05, 3.63) is 28.0 Å². The highest BCUT2D eigenvalue weighted by Gasteiger charge is 2.20. The largest absolute Gasteiger partial charge is 0.335 e. The van der Waals surface area contributed by atoms with Crippen LogP contribution in [0.4, 0.5) is 10.1 Å². The van der Waals surface area contributed by atoms with Crippen LogP contribution in [0.1, 0.15) is 25.8 Å². The minimum Gasteiger partial charge on any atom is -0.335 e. The summed E-state index contributed by atoms with van der Waals surface area (Å²) < 4.78 is 14.0. The number of nitrogens with zero attached hydrogens (tertiary/aromatic N) is 1. The van der Waals surface area contributed by atoms with Crippen molar-refractivity contribution in [1.82, 2.24) is 0 Å². The van der Waals surface area contributed by atoms with E-state index in [2.05, 4.69) is 40.1 Å². The Balaban J connectivity index is 2.08. The Hall–Kier alpha value is -0.550. The zero-order valence-electron chi connectivity index (χ0n) is 11.3. The Labute approximate surface area is 126 Å². The summed E-state index contributed by atoms with van der Waals surface area (Å²) in [5.74, 6) is 1.41. The van der Waals surface area contributed by atoms with Crippen molar-refractivity contribution in [2.75, 3.05) is 11.1 Å². The molecule has 1 atom stereocenters. The zero-order chi connectivity index (χ0) is 14.0. The lowest BCUT2D eigenvalue weighted by molar-refractivity contribution is 0.529. The third-order valence-electron chi connectivity index (χ3n) is 2.96. The molecule has 0 spiro atoms. The topological polar surface area (TPSA) is 24.4 Å². The first-order valence-corrected chi connectivity index (χ1v) is 8.17. The smallest absolute Gasteiger partial charge is 0.161 e. The third kappa shape index (κ3) is 3.96. The molecular formula is C14H18BrFN2S. The van der Waals surface area contributed by atoms with Crippen LogP contribution in [-0.4, -0.2) is 17.0 Å². The van der Waals surface area contributed by atoms with Gasteiger partial charge in [0.05, 0.1) is 10.5 Å². The summed E-state index contributed by atoms with van der Waals surface area (Å²) in [7, 11) is 0. The van der Waals surface area contributed by atoms with Gasteiger partial charge in [-0.2, -0.15) is 0 Å². The fourth-order valence-electron chi connectivity index (χ4n) is 2.04. The number of rotatable bonds is 3. The maximum absolute atomic E-state index is 13.5. The molecule has 1 N–H and O–H groups in total. The lowest BCUT2D eigenvalue weighted by Crippen LogP contribution is -2.08. The van der Waals surface area contributed by atoms with E-state index >= 15 is 0 Å². The van der Waals surface area contributed by atoms with E-state index in [4.69, 9.17) is 0 Å². The molecule has 1 aromatic carbocycles. The predicted octanol–water partition coefficient (Wildman–Crippen LogP) is 4.83. The number of thioether (sulfide) groups is 1. The highest BCUT2D eigenvalue weighted by Crippen LogP contribution is 2.28. The number of halogens is 2. The van der Waals surface area contributed by atoms with Gasteiger partial charge >= 0.3 is 0 Å². The number of anilines is 1. The molecule has 0 aromatic heterocycles. The second-order valence-electron chi connectivity index (χ2n) is 5.23. The summed E-state index contributed by atoms with van der Waals surface area (Å²) in [5, 5.41) is 4.13. The van der Waals surface area contributed by atoms with E-state index in [1.165, 1.54) is 6.07 Å². The van der Waals surface area contributed by atoms with Crippen LogP contribution >= 0.6 is 27.7 Å². The molecule has 2 nitrogen and oxygen atoms in total. The molecule has 0 saturated carbocycles. The molecule has 1 aliphatic rings. The fraction of sp³-hybridized carbons (Fsp3) is 0.500. The number of nitrogens with one attached hydrogen (secondary N) is 1. The van der Waals surface area contributed by atoms with Gasteiger partial charge in [-0.15, -0.1) is 0 Å². The third-order valence-corrected chi connectivity index (χ3v) is 4.60. The Kier molecular flexibility index (Phi) is 4.90. The van der Waals surface area contributed by atoms with Crippen molar-refractivity contribution in [2.45, 2.75) is 33.2 Å². The Bertz CT molecular complexity index is 502. The van der Waals surface area contributed by atoms with Gasteiger partial charge < -0.3 is 5.32 Å². The first kappa shape index (κ1) is 14.9. The molecule has 0 bridgehead atoms. The van der Waals surface area contributed by atoms with Crippen LogP contribution in [0.5, 0.6) is 0 Å². The Morgan fingerprint density at radius 2 is 2.26 bits per heavy atom. The second-order valence-corrected chi connectivity index (χ2v) is 7.10. The molecule has 1 aromatic rings. The molecule has 0 aliphatic carbocycles. The molecule has 0 radical (unpaired) electrons. The fourth-order valence-corrected chi connectivity index (χ4v) is 3.47. The minimum absolute atomic E-state index is 0.254. The molecule has 1 aliphatic heterocycles. The highest BCUT2D eigenvalue weighted by molar-refractivity contribution is 9.10. The highest BCUT2D eigenvalue weighted by atomic mass is 79.9. The van der Waals surface area contributed by atoms with Crippen LogP contribution in [0, 0.1) is 18.7 Å². The standard InChI is InChI=1S/C14H18BrFN2S/c1-8(2)4-10-7-19-14(17-10)18-13-6-12(16)11(15)5-9(13)3/h5-6,8,10H,4,7H2,1-3H3,(H,17,18). The zero-order valence-corrected chi connectivity index (χ0v) is 13.7. The minimum atomic E-state index is -0.254. The van der Waals surface area contributed by atoms with Crippen LogP contribution in [0.25, 0.3) is 0 Å². The molecule has 19 heavy (non-hydrogen) atoms. The van der Waals surface area contributed by atoms with Gasteiger partial charge in [0.2, 0.25) is 0 Å². The summed E-state index contributed by atoms with van der Waals surface area (Å²) >= 11 is 4.90. The van der Waals surface area contributed by atoms with E-state index < -0.39 is 0 Å². The number of aryl methyl sites for hydroxylation is 1. The van der Waals surface area contributed by atoms with Gasteiger partial charge in [0, 0.05) is 11.4 Å². The van der Waals surface area contributed by atoms with Crippen molar-refractivity contribution in [3.8, 4) is 0 Å². The van der Waals surface area contributed by atoms with Gasteiger partial charge in [-0.1, -0.05) is 25.6 Å². The van der Waals surface area contributed by atoms with Crippen molar-refractivity contribution < 1.29 is 4.39 Å². The first-order chi connectivity index (χ1) is 8.95. The van der Waals surface area contributed by atoms with Crippen LogP contribution in [0.3, 0.4) is 0 Å².